The highest BCUT2D eigenvalue weighted by atomic mass is 16.7. The van der Waals surface area contributed by atoms with Crippen LogP contribution in [0.1, 0.15) is 6.42 Å². The Kier molecular flexibility index (Phi) is 4.33. The predicted molar refractivity (Wildman–Crippen MR) is 54.2 cm³/mol. The molecule has 1 amide bonds. The second kappa shape index (κ2) is 5.53. The van der Waals surface area contributed by atoms with Gasteiger partial charge in [0.15, 0.2) is 0 Å². The Morgan fingerprint density at radius 2 is 2.20 bits per heavy atom. The molecule has 5 nitrogen and oxygen atoms in total. The lowest BCUT2D eigenvalue weighted by molar-refractivity contribution is -0.181. The van der Waals surface area contributed by atoms with Crippen molar-refractivity contribution in [2.24, 2.45) is 0 Å². The first kappa shape index (κ1) is 11.7. The van der Waals surface area contributed by atoms with Crippen molar-refractivity contribution < 1.29 is 19.4 Å². The van der Waals surface area contributed by atoms with Crippen LogP contribution in [-0.4, -0.2) is 36.6 Å². The Labute approximate surface area is 88.4 Å². The van der Waals surface area contributed by atoms with Crippen molar-refractivity contribution in [1.29, 1.82) is 0 Å². The average molecular weight is 213 g/mol. The second-order valence-electron chi connectivity index (χ2n) is 3.04. The van der Waals surface area contributed by atoms with Gasteiger partial charge in [0.25, 0.3) is 11.7 Å². The fraction of sp³-hybridized carbons (Fsp3) is 0.500. The quantitative estimate of drug-likeness (QED) is 0.515. The molecular weight excluding hydrogens is 198 g/mol. The van der Waals surface area contributed by atoms with Crippen molar-refractivity contribution in [2.45, 2.75) is 12.2 Å². The number of amides is 1. The van der Waals surface area contributed by atoms with E-state index in [4.69, 9.17) is 14.6 Å². The molecule has 0 spiro atoms. The van der Waals surface area contributed by atoms with Gasteiger partial charge < -0.3 is 19.9 Å². The van der Waals surface area contributed by atoms with E-state index in [1.54, 1.807) is 6.08 Å². The number of hydrogen-bond acceptors (Lipinski definition) is 4. The van der Waals surface area contributed by atoms with Crippen molar-refractivity contribution in [3.05, 3.63) is 25.0 Å². The number of aliphatic hydroxyl groups is 1. The van der Waals surface area contributed by atoms with Gasteiger partial charge in [-0.25, -0.2) is 0 Å². The number of carbonyl (C=O) groups excluding carboxylic acids is 1. The second-order valence-corrected chi connectivity index (χ2v) is 3.04. The topological polar surface area (TPSA) is 67.8 Å². The summed E-state index contributed by atoms with van der Waals surface area (Å²) in [5.41, 5.74) is 0. The van der Waals surface area contributed by atoms with E-state index < -0.39 is 5.79 Å². The lowest BCUT2D eigenvalue weighted by Crippen LogP contribution is -2.47. The number of nitrogens with one attached hydrogen (secondary N) is 1. The molecule has 2 N–H and O–H groups in total. The van der Waals surface area contributed by atoms with Gasteiger partial charge in [0.05, 0.1) is 19.5 Å². The predicted octanol–water partition coefficient (Wildman–Crippen LogP) is 0.493. The Morgan fingerprint density at radius 3 is 2.73 bits per heavy atom. The monoisotopic (exact) mass is 213 g/mol. The van der Waals surface area contributed by atoms with E-state index in [0.717, 1.165) is 6.26 Å². The van der Waals surface area contributed by atoms with E-state index >= 15 is 0 Å². The summed E-state index contributed by atoms with van der Waals surface area (Å²) in [6, 6.07) is 0. The third kappa shape index (κ3) is 2.81. The summed E-state index contributed by atoms with van der Waals surface area (Å²) >= 11 is 0. The maximum atomic E-state index is 11.7. The van der Waals surface area contributed by atoms with E-state index in [0.29, 0.717) is 19.6 Å². The molecule has 1 aliphatic heterocycles. The molecular formula is C10H15NO4. The highest BCUT2D eigenvalue weighted by Gasteiger charge is 2.43. The molecule has 15 heavy (non-hydrogen) atoms. The van der Waals surface area contributed by atoms with Crippen molar-refractivity contribution in [1.82, 2.24) is 5.32 Å². The van der Waals surface area contributed by atoms with Crippen LogP contribution in [0.5, 0.6) is 0 Å². The number of carbonyl (C=O) groups is 1. The van der Waals surface area contributed by atoms with Crippen molar-refractivity contribution >= 4 is 5.91 Å². The van der Waals surface area contributed by atoms with Gasteiger partial charge in [-0.2, -0.15) is 0 Å². The molecule has 0 bridgehead atoms. The lowest BCUT2D eigenvalue weighted by atomic mass is 10.1. The molecule has 0 saturated carbocycles. The van der Waals surface area contributed by atoms with E-state index in [9.17, 15) is 4.79 Å². The molecule has 0 aromatic carbocycles. The molecule has 0 radical (unpaired) electrons. The minimum absolute atomic E-state index is 0.237. The van der Waals surface area contributed by atoms with Gasteiger partial charge >= 0.3 is 0 Å². The lowest BCUT2D eigenvalue weighted by Gasteiger charge is -2.24. The minimum atomic E-state index is -1.23. The van der Waals surface area contributed by atoms with Gasteiger partial charge in [-0.3, -0.25) is 4.79 Å². The summed E-state index contributed by atoms with van der Waals surface area (Å²) in [5, 5.41) is 11.0. The fourth-order valence-electron chi connectivity index (χ4n) is 1.33. The Bertz CT molecular complexity index is 256. The number of ether oxygens (including phenoxy) is 2. The normalized spacial score (nSPS) is 19.2. The van der Waals surface area contributed by atoms with E-state index in [1.807, 2.05) is 0 Å². The van der Waals surface area contributed by atoms with Gasteiger partial charge in [-0.15, -0.1) is 6.58 Å². The van der Waals surface area contributed by atoms with Crippen LogP contribution in [0.25, 0.3) is 0 Å². The fourth-order valence-corrected chi connectivity index (χ4v) is 1.33. The maximum Gasteiger partial charge on any atom is 0.280 e. The number of rotatable bonds is 5. The van der Waals surface area contributed by atoms with Gasteiger partial charge in [-0.1, -0.05) is 6.08 Å². The molecule has 0 aromatic heterocycles. The van der Waals surface area contributed by atoms with Crippen LogP contribution in [0.2, 0.25) is 0 Å². The summed E-state index contributed by atoms with van der Waals surface area (Å²) < 4.78 is 10.6. The number of hydrogen-bond donors (Lipinski definition) is 2. The molecule has 1 fully saturated rings. The molecule has 0 unspecified atom stereocenters. The zero-order valence-electron chi connectivity index (χ0n) is 8.44. The summed E-state index contributed by atoms with van der Waals surface area (Å²) in [7, 11) is 0. The molecule has 1 aliphatic rings. The van der Waals surface area contributed by atoms with Crippen LogP contribution in [0.3, 0.4) is 0 Å². The van der Waals surface area contributed by atoms with Crippen LogP contribution in [0.15, 0.2) is 25.0 Å². The zero-order chi connectivity index (χ0) is 11.1. The average Bonchev–Trinajstić information content (AvgIpc) is 2.68. The molecule has 5 heteroatoms. The standard InChI is InChI=1S/C10H15NO4/c1-2-4-10(14-7-8-15-10)9(13)11-5-3-6-12/h2-3,6,12H,1,4-5,7-8H2,(H,11,13). The number of aliphatic hydroxyl groups excluding tert-OH is 1. The van der Waals surface area contributed by atoms with Crippen LogP contribution < -0.4 is 5.32 Å². The SMILES string of the molecule is C=CCC1(C(=O)NCC=CO)OCCO1. The minimum Gasteiger partial charge on any atom is -0.516 e. The van der Waals surface area contributed by atoms with E-state index in [1.165, 1.54) is 6.08 Å². The van der Waals surface area contributed by atoms with Crippen LogP contribution in [-0.2, 0) is 14.3 Å². The molecule has 1 saturated heterocycles. The van der Waals surface area contributed by atoms with Crippen LogP contribution >= 0.6 is 0 Å². The van der Waals surface area contributed by atoms with Gasteiger partial charge in [0.2, 0.25) is 0 Å². The first-order valence-corrected chi connectivity index (χ1v) is 4.71. The molecule has 0 aliphatic carbocycles. The van der Waals surface area contributed by atoms with Crippen LogP contribution in [0, 0.1) is 0 Å². The Balaban J connectivity index is 2.55. The van der Waals surface area contributed by atoms with Crippen molar-refractivity contribution in [3.63, 3.8) is 0 Å². The largest absolute Gasteiger partial charge is 0.516 e. The third-order valence-corrected chi connectivity index (χ3v) is 2.00. The first-order valence-electron chi connectivity index (χ1n) is 4.71. The third-order valence-electron chi connectivity index (χ3n) is 2.00. The first-order chi connectivity index (χ1) is 7.25. The summed E-state index contributed by atoms with van der Waals surface area (Å²) in [6.45, 7) is 4.59. The van der Waals surface area contributed by atoms with E-state index in [-0.39, 0.29) is 12.5 Å². The van der Waals surface area contributed by atoms with Crippen molar-refractivity contribution in [3.8, 4) is 0 Å². The highest BCUT2D eigenvalue weighted by Crippen LogP contribution is 2.23. The summed E-state index contributed by atoms with van der Waals surface area (Å²) in [6.07, 6.45) is 4.17. The zero-order valence-corrected chi connectivity index (χ0v) is 8.44. The van der Waals surface area contributed by atoms with Gasteiger partial charge in [-0.05, 0) is 6.08 Å². The summed E-state index contributed by atoms with van der Waals surface area (Å²) in [4.78, 5) is 11.7. The molecule has 84 valence electrons. The van der Waals surface area contributed by atoms with E-state index in [2.05, 4.69) is 11.9 Å². The van der Waals surface area contributed by atoms with Gasteiger partial charge in [0, 0.05) is 13.0 Å². The maximum absolute atomic E-state index is 11.7. The van der Waals surface area contributed by atoms with Crippen LogP contribution in [0.4, 0.5) is 0 Å². The van der Waals surface area contributed by atoms with Gasteiger partial charge in [0.1, 0.15) is 0 Å². The summed E-state index contributed by atoms with van der Waals surface area (Å²) in [5.74, 6) is -1.58. The molecule has 1 rings (SSSR count). The highest BCUT2D eigenvalue weighted by molar-refractivity contribution is 5.84. The Hall–Kier alpha value is -1.33. The molecule has 1 heterocycles. The molecule has 0 atom stereocenters. The molecule has 0 aromatic rings. The Morgan fingerprint density at radius 1 is 1.53 bits per heavy atom. The van der Waals surface area contributed by atoms with Crippen molar-refractivity contribution in [2.75, 3.05) is 19.8 Å². The smallest absolute Gasteiger partial charge is 0.280 e.